The molecule has 3 N–H and O–H groups in total. The fourth-order valence-corrected chi connectivity index (χ4v) is 4.16. The minimum atomic E-state index is -3.56. The van der Waals surface area contributed by atoms with Crippen LogP contribution in [0.1, 0.15) is 32.3 Å². The molecule has 1 aromatic carbocycles. The van der Waals surface area contributed by atoms with Crippen molar-refractivity contribution in [2.24, 2.45) is 5.92 Å². The number of anilines is 1. The fourth-order valence-electron chi connectivity index (χ4n) is 2.33. The summed E-state index contributed by atoms with van der Waals surface area (Å²) in [7, 11) is -3.56. The van der Waals surface area contributed by atoms with Crippen molar-refractivity contribution in [2.75, 3.05) is 5.73 Å². The molecular formula is C13H20N2O2S. The summed E-state index contributed by atoms with van der Waals surface area (Å²) in [6.45, 7) is 5.61. The average molecular weight is 268 g/mol. The van der Waals surface area contributed by atoms with Crippen LogP contribution in [0, 0.1) is 12.8 Å². The van der Waals surface area contributed by atoms with Crippen molar-refractivity contribution in [2.45, 2.75) is 44.0 Å². The van der Waals surface area contributed by atoms with E-state index in [1.807, 2.05) is 13.8 Å². The molecule has 0 radical (unpaired) electrons. The Hall–Kier alpha value is -1.07. The molecule has 0 atom stereocenters. The summed E-state index contributed by atoms with van der Waals surface area (Å²) in [6, 6.07) is 5.14. The minimum absolute atomic E-state index is 0.207. The molecule has 4 nitrogen and oxygen atoms in total. The highest BCUT2D eigenvalue weighted by Gasteiger charge is 2.41. The van der Waals surface area contributed by atoms with Crippen LogP contribution in [0.3, 0.4) is 0 Å². The van der Waals surface area contributed by atoms with E-state index in [1.54, 1.807) is 25.1 Å². The van der Waals surface area contributed by atoms with Crippen LogP contribution in [-0.4, -0.2) is 14.0 Å². The van der Waals surface area contributed by atoms with Gasteiger partial charge in [-0.15, -0.1) is 0 Å². The van der Waals surface area contributed by atoms with Crippen LogP contribution in [0.25, 0.3) is 0 Å². The van der Waals surface area contributed by atoms with Gasteiger partial charge in [0.15, 0.2) is 0 Å². The monoisotopic (exact) mass is 268 g/mol. The van der Waals surface area contributed by atoms with Crippen molar-refractivity contribution in [1.29, 1.82) is 0 Å². The van der Waals surface area contributed by atoms with Gasteiger partial charge in [0.2, 0.25) is 10.0 Å². The number of hydrogen-bond donors (Lipinski definition) is 2. The first kappa shape index (κ1) is 13.4. The standard InChI is InChI=1S/C13H20N2O2S/c1-9-5-4-6-11(14)12(9)18(16,17)15-13(2,3)10-7-8-10/h4-6,10,15H,7-8,14H2,1-3H3. The Balaban J connectivity index is 2.37. The zero-order valence-electron chi connectivity index (χ0n) is 11.0. The van der Waals surface area contributed by atoms with E-state index in [0.717, 1.165) is 12.8 Å². The van der Waals surface area contributed by atoms with E-state index in [1.165, 1.54) is 0 Å². The second-order valence-corrected chi connectivity index (χ2v) is 7.21. The van der Waals surface area contributed by atoms with Gasteiger partial charge in [-0.2, -0.15) is 0 Å². The van der Waals surface area contributed by atoms with Crippen molar-refractivity contribution in [1.82, 2.24) is 4.72 Å². The van der Waals surface area contributed by atoms with E-state index in [4.69, 9.17) is 5.73 Å². The number of nitrogens with two attached hydrogens (primary N) is 1. The van der Waals surface area contributed by atoms with Crippen LogP contribution < -0.4 is 10.5 Å². The quantitative estimate of drug-likeness (QED) is 0.821. The van der Waals surface area contributed by atoms with E-state index < -0.39 is 15.6 Å². The van der Waals surface area contributed by atoms with Crippen LogP contribution in [-0.2, 0) is 10.0 Å². The summed E-state index contributed by atoms with van der Waals surface area (Å²) in [5.74, 6) is 0.428. The molecule has 1 aromatic rings. The Kier molecular flexibility index (Phi) is 3.15. The number of benzene rings is 1. The topological polar surface area (TPSA) is 72.2 Å². The van der Waals surface area contributed by atoms with Crippen molar-refractivity contribution >= 4 is 15.7 Å². The van der Waals surface area contributed by atoms with Gasteiger partial charge in [-0.25, -0.2) is 13.1 Å². The van der Waals surface area contributed by atoms with E-state index in [-0.39, 0.29) is 4.90 Å². The van der Waals surface area contributed by atoms with Gasteiger partial charge in [-0.05, 0) is 51.2 Å². The van der Waals surface area contributed by atoms with Crippen LogP contribution in [0.4, 0.5) is 5.69 Å². The third kappa shape index (κ3) is 2.52. The number of nitrogens with one attached hydrogen (secondary N) is 1. The van der Waals surface area contributed by atoms with Crippen molar-refractivity contribution in [3.05, 3.63) is 23.8 Å². The summed E-state index contributed by atoms with van der Waals surface area (Å²) in [6.07, 6.45) is 2.16. The third-order valence-corrected chi connectivity index (χ3v) is 5.40. The highest BCUT2D eigenvalue weighted by Crippen LogP contribution is 2.40. The molecule has 2 rings (SSSR count). The molecule has 0 bridgehead atoms. The molecule has 100 valence electrons. The summed E-state index contributed by atoms with van der Waals surface area (Å²) < 4.78 is 27.6. The van der Waals surface area contributed by atoms with E-state index >= 15 is 0 Å². The molecule has 0 aliphatic heterocycles. The Labute approximate surface area is 109 Å². The van der Waals surface area contributed by atoms with Crippen molar-refractivity contribution in [3.8, 4) is 0 Å². The Bertz CT molecular complexity index is 540. The first-order chi connectivity index (χ1) is 8.24. The second kappa shape index (κ2) is 4.24. The minimum Gasteiger partial charge on any atom is -0.398 e. The lowest BCUT2D eigenvalue weighted by molar-refractivity contribution is 0.400. The maximum Gasteiger partial charge on any atom is 0.243 e. The van der Waals surface area contributed by atoms with Crippen molar-refractivity contribution in [3.63, 3.8) is 0 Å². The molecule has 1 saturated carbocycles. The lowest BCUT2D eigenvalue weighted by Gasteiger charge is -2.26. The number of sulfonamides is 1. The maximum atomic E-state index is 12.4. The highest BCUT2D eigenvalue weighted by atomic mass is 32.2. The number of rotatable bonds is 4. The van der Waals surface area contributed by atoms with Crippen LogP contribution in [0.5, 0.6) is 0 Å². The van der Waals surface area contributed by atoms with E-state index in [0.29, 0.717) is 17.2 Å². The number of aryl methyl sites for hydroxylation is 1. The second-order valence-electron chi connectivity index (χ2n) is 5.59. The molecule has 0 aromatic heterocycles. The molecule has 1 aliphatic rings. The lowest BCUT2D eigenvalue weighted by Crippen LogP contribution is -2.45. The summed E-state index contributed by atoms with van der Waals surface area (Å²) in [5.41, 5.74) is 6.36. The molecule has 1 aliphatic carbocycles. The maximum absolute atomic E-state index is 12.4. The van der Waals surface area contributed by atoms with Gasteiger partial charge >= 0.3 is 0 Å². The van der Waals surface area contributed by atoms with Crippen LogP contribution in [0.2, 0.25) is 0 Å². The average Bonchev–Trinajstić information content (AvgIpc) is 2.97. The van der Waals surface area contributed by atoms with Gasteiger partial charge in [0.25, 0.3) is 0 Å². The van der Waals surface area contributed by atoms with E-state index in [9.17, 15) is 8.42 Å². The molecule has 5 heteroatoms. The summed E-state index contributed by atoms with van der Waals surface area (Å²) in [4.78, 5) is 0.207. The molecule has 18 heavy (non-hydrogen) atoms. The largest absolute Gasteiger partial charge is 0.398 e. The Morgan fingerprint density at radius 1 is 1.33 bits per heavy atom. The fraction of sp³-hybridized carbons (Fsp3) is 0.538. The Morgan fingerprint density at radius 3 is 2.44 bits per heavy atom. The first-order valence-corrected chi connectivity index (χ1v) is 7.61. The van der Waals surface area contributed by atoms with Crippen LogP contribution in [0.15, 0.2) is 23.1 Å². The van der Waals surface area contributed by atoms with Gasteiger partial charge < -0.3 is 5.73 Å². The molecule has 0 amide bonds. The normalized spacial score (nSPS) is 16.8. The lowest BCUT2D eigenvalue weighted by atomic mass is 10.0. The number of hydrogen-bond acceptors (Lipinski definition) is 3. The smallest absolute Gasteiger partial charge is 0.243 e. The summed E-state index contributed by atoms with van der Waals surface area (Å²) >= 11 is 0. The van der Waals surface area contributed by atoms with Crippen molar-refractivity contribution < 1.29 is 8.42 Å². The van der Waals surface area contributed by atoms with Gasteiger partial charge in [-0.3, -0.25) is 0 Å². The SMILES string of the molecule is Cc1cccc(N)c1S(=O)(=O)NC(C)(C)C1CC1. The Morgan fingerprint density at radius 2 is 1.94 bits per heavy atom. The number of nitrogen functional groups attached to an aromatic ring is 1. The van der Waals surface area contributed by atoms with Crippen LogP contribution >= 0.6 is 0 Å². The summed E-state index contributed by atoms with van der Waals surface area (Å²) in [5, 5.41) is 0. The predicted octanol–water partition coefficient (Wildman–Crippen LogP) is 2.04. The first-order valence-electron chi connectivity index (χ1n) is 6.13. The molecule has 0 saturated heterocycles. The molecule has 0 unspecified atom stereocenters. The molecule has 1 fully saturated rings. The third-order valence-electron chi connectivity index (χ3n) is 3.51. The van der Waals surface area contributed by atoms with E-state index in [2.05, 4.69) is 4.72 Å². The van der Waals surface area contributed by atoms with Gasteiger partial charge in [0.05, 0.1) is 5.69 Å². The highest BCUT2D eigenvalue weighted by molar-refractivity contribution is 7.89. The predicted molar refractivity (Wildman–Crippen MR) is 72.7 cm³/mol. The molecular weight excluding hydrogens is 248 g/mol. The molecule has 0 spiro atoms. The zero-order valence-corrected chi connectivity index (χ0v) is 11.8. The molecule has 0 heterocycles. The van der Waals surface area contributed by atoms with Gasteiger partial charge in [0, 0.05) is 5.54 Å². The van der Waals surface area contributed by atoms with Gasteiger partial charge in [-0.1, -0.05) is 12.1 Å². The van der Waals surface area contributed by atoms with Gasteiger partial charge in [0.1, 0.15) is 4.90 Å². The zero-order chi connectivity index (χ0) is 13.6.